The number of rotatable bonds is 7. The highest BCUT2D eigenvalue weighted by molar-refractivity contribution is 7.97. The third-order valence-electron chi connectivity index (χ3n) is 3.86. The predicted octanol–water partition coefficient (Wildman–Crippen LogP) is 0.992. The van der Waals surface area contributed by atoms with E-state index in [1.165, 1.54) is 0 Å². The maximum Gasteiger partial charge on any atom is 0.246 e. The lowest BCUT2D eigenvalue weighted by Crippen LogP contribution is -2.32. The molecule has 0 aliphatic carbocycles. The maximum absolute atomic E-state index is 12.3. The molecule has 1 saturated heterocycles. The van der Waals surface area contributed by atoms with E-state index in [0.717, 1.165) is 5.69 Å². The Balaban J connectivity index is 1.50. The molecule has 1 atom stereocenters. The van der Waals surface area contributed by atoms with E-state index in [4.69, 9.17) is 4.52 Å². The molecule has 1 aliphatic rings. The molecule has 2 aromatic heterocycles. The van der Waals surface area contributed by atoms with Crippen LogP contribution >= 0.6 is 11.8 Å². The highest BCUT2D eigenvalue weighted by Gasteiger charge is 2.34. The highest BCUT2D eigenvalue weighted by atomic mass is 32.2. The average Bonchev–Trinajstić information content (AvgIpc) is 3.21. The summed E-state index contributed by atoms with van der Waals surface area (Å²) >= 11 is 1.59. The molecule has 1 unspecified atom stereocenters. The minimum atomic E-state index is -0.371. The van der Waals surface area contributed by atoms with Gasteiger partial charge < -0.3 is 14.7 Å². The molecule has 3 rings (SSSR count). The molecule has 132 valence electrons. The molecule has 1 fully saturated rings. The quantitative estimate of drug-likeness (QED) is 0.785. The SMILES string of the molecule is CSCc1noc(CNC(=O)C2CC(=O)N(Cc3ccccn3)C2)n1. The molecule has 8 nitrogen and oxygen atoms in total. The van der Waals surface area contributed by atoms with Gasteiger partial charge in [0.25, 0.3) is 0 Å². The Morgan fingerprint density at radius 2 is 2.36 bits per heavy atom. The van der Waals surface area contributed by atoms with Crippen LogP contribution in [0.25, 0.3) is 0 Å². The van der Waals surface area contributed by atoms with Gasteiger partial charge in [-0.05, 0) is 18.4 Å². The molecular formula is C16H19N5O3S. The van der Waals surface area contributed by atoms with E-state index in [-0.39, 0.29) is 30.7 Å². The van der Waals surface area contributed by atoms with Crippen LogP contribution in [0.5, 0.6) is 0 Å². The normalized spacial score (nSPS) is 17.1. The Labute approximate surface area is 149 Å². The Hall–Kier alpha value is -2.42. The summed E-state index contributed by atoms with van der Waals surface area (Å²) in [5.41, 5.74) is 0.809. The zero-order valence-corrected chi connectivity index (χ0v) is 14.7. The Kier molecular flexibility index (Phi) is 5.64. The molecule has 0 spiro atoms. The van der Waals surface area contributed by atoms with Crippen molar-refractivity contribution >= 4 is 23.6 Å². The minimum absolute atomic E-state index is 0.0362. The molecule has 3 heterocycles. The largest absolute Gasteiger partial charge is 0.347 e. The van der Waals surface area contributed by atoms with Crippen molar-refractivity contribution in [2.75, 3.05) is 12.8 Å². The summed E-state index contributed by atoms with van der Waals surface area (Å²) in [6.45, 7) is 0.985. The Morgan fingerprint density at radius 1 is 1.48 bits per heavy atom. The van der Waals surface area contributed by atoms with Gasteiger partial charge in [0.05, 0.1) is 30.5 Å². The lowest BCUT2D eigenvalue weighted by Gasteiger charge is -2.15. The van der Waals surface area contributed by atoms with E-state index in [1.807, 2.05) is 24.5 Å². The van der Waals surface area contributed by atoms with Crippen molar-refractivity contribution in [1.29, 1.82) is 0 Å². The second-order valence-corrected chi connectivity index (χ2v) is 6.62. The number of hydrogen-bond donors (Lipinski definition) is 1. The molecule has 2 amide bonds. The summed E-state index contributed by atoms with van der Waals surface area (Å²) in [6, 6.07) is 5.57. The molecule has 2 aromatic rings. The van der Waals surface area contributed by atoms with Gasteiger partial charge in [0.15, 0.2) is 5.82 Å². The fourth-order valence-corrected chi connectivity index (χ4v) is 3.02. The van der Waals surface area contributed by atoms with Crippen LogP contribution in [-0.4, -0.2) is 44.6 Å². The number of nitrogens with zero attached hydrogens (tertiary/aromatic N) is 4. The van der Waals surface area contributed by atoms with E-state index in [1.54, 1.807) is 22.9 Å². The topological polar surface area (TPSA) is 101 Å². The third kappa shape index (κ3) is 4.56. The molecule has 1 N–H and O–H groups in total. The first-order valence-electron chi connectivity index (χ1n) is 7.91. The van der Waals surface area contributed by atoms with Gasteiger partial charge in [0.2, 0.25) is 17.7 Å². The van der Waals surface area contributed by atoms with Crippen LogP contribution in [0.4, 0.5) is 0 Å². The number of carbonyl (C=O) groups excluding carboxylic acids is 2. The average molecular weight is 361 g/mol. The van der Waals surface area contributed by atoms with E-state index in [0.29, 0.717) is 30.6 Å². The molecule has 0 bridgehead atoms. The first-order valence-corrected chi connectivity index (χ1v) is 9.31. The summed E-state index contributed by atoms with van der Waals surface area (Å²) in [5.74, 6) is 1.05. The number of nitrogens with one attached hydrogen (secondary N) is 1. The fourth-order valence-electron chi connectivity index (χ4n) is 2.64. The van der Waals surface area contributed by atoms with Crippen molar-refractivity contribution < 1.29 is 14.1 Å². The van der Waals surface area contributed by atoms with E-state index < -0.39 is 0 Å². The van der Waals surface area contributed by atoms with Crippen LogP contribution in [-0.2, 0) is 28.4 Å². The highest BCUT2D eigenvalue weighted by Crippen LogP contribution is 2.20. The number of amides is 2. The van der Waals surface area contributed by atoms with Crippen molar-refractivity contribution in [3.05, 3.63) is 41.8 Å². The molecule has 0 saturated carbocycles. The Morgan fingerprint density at radius 3 is 3.12 bits per heavy atom. The van der Waals surface area contributed by atoms with E-state index in [2.05, 4.69) is 20.4 Å². The van der Waals surface area contributed by atoms with Crippen molar-refractivity contribution in [2.45, 2.75) is 25.3 Å². The monoisotopic (exact) mass is 361 g/mol. The lowest BCUT2D eigenvalue weighted by atomic mass is 10.1. The standard InChI is InChI=1S/C16H19N5O3S/c1-25-10-13-19-14(24-20-13)7-18-16(23)11-6-15(22)21(8-11)9-12-4-2-3-5-17-12/h2-5,11H,6-10H2,1H3,(H,18,23). The van der Waals surface area contributed by atoms with Crippen LogP contribution in [0.15, 0.2) is 28.9 Å². The van der Waals surface area contributed by atoms with Gasteiger partial charge in [0.1, 0.15) is 0 Å². The number of likely N-dealkylation sites (tertiary alicyclic amines) is 1. The van der Waals surface area contributed by atoms with Crippen LogP contribution in [0.3, 0.4) is 0 Å². The number of hydrogen-bond acceptors (Lipinski definition) is 7. The summed E-state index contributed by atoms with van der Waals surface area (Å²) in [7, 11) is 0. The zero-order chi connectivity index (χ0) is 17.6. The molecule has 1 aliphatic heterocycles. The van der Waals surface area contributed by atoms with Gasteiger partial charge in [-0.25, -0.2) is 0 Å². The molecular weight excluding hydrogens is 342 g/mol. The van der Waals surface area contributed by atoms with Gasteiger partial charge in [-0.3, -0.25) is 14.6 Å². The van der Waals surface area contributed by atoms with Crippen molar-refractivity contribution in [3.63, 3.8) is 0 Å². The summed E-state index contributed by atoms with van der Waals surface area (Å²) in [6.07, 6.45) is 3.85. The summed E-state index contributed by atoms with van der Waals surface area (Å²) < 4.78 is 5.08. The van der Waals surface area contributed by atoms with Gasteiger partial charge in [-0.2, -0.15) is 16.7 Å². The lowest BCUT2D eigenvalue weighted by molar-refractivity contribution is -0.129. The molecule has 0 radical (unpaired) electrons. The second kappa shape index (κ2) is 8.11. The van der Waals surface area contributed by atoms with Crippen molar-refractivity contribution in [2.24, 2.45) is 5.92 Å². The van der Waals surface area contributed by atoms with Crippen LogP contribution in [0.2, 0.25) is 0 Å². The summed E-state index contributed by atoms with van der Waals surface area (Å²) in [5, 5.41) is 6.59. The van der Waals surface area contributed by atoms with Gasteiger partial charge in [-0.1, -0.05) is 11.2 Å². The molecule has 25 heavy (non-hydrogen) atoms. The van der Waals surface area contributed by atoms with Crippen molar-refractivity contribution in [3.8, 4) is 0 Å². The fraction of sp³-hybridized carbons (Fsp3) is 0.438. The number of thioether (sulfide) groups is 1. The first-order chi connectivity index (χ1) is 12.2. The van der Waals surface area contributed by atoms with Gasteiger partial charge >= 0.3 is 0 Å². The zero-order valence-electron chi connectivity index (χ0n) is 13.8. The summed E-state index contributed by atoms with van der Waals surface area (Å²) in [4.78, 5) is 34.5. The maximum atomic E-state index is 12.3. The second-order valence-electron chi connectivity index (χ2n) is 5.75. The van der Waals surface area contributed by atoms with Crippen molar-refractivity contribution in [1.82, 2.24) is 25.3 Å². The van der Waals surface area contributed by atoms with Gasteiger partial charge in [0, 0.05) is 19.2 Å². The van der Waals surface area contributed by atoms with E-state index in [9.17, 15) is 9.59 Å². The molecule has 0 aromatic carbocycles. The number of pyridine rings is 1. The van der Waals surface area contributed by atoms with Crippen LogP contribution in [0, 0.1) is 5.92 Å². The number of aromatic nitrogens is 3. The third-order valence-corrected chi connectivity index (χ3v) is 4.41. The van der Waals surface area contributed by atoms with Gasteiger partial charge in [-0.15, -0.1) is 0 Å². The smallest absolute Gasteiger partial charge is 0.246 e. The van der Waals surface area contributed by atoms with E-state index >= 15 is 0 Å². The first kappa shape index (κ1) is 17.4. The van der Waals surface area contributed by atoms with Crippen LogP contribution < -0.4 is 5.32 Å². The minimum Gasteiger partial charge on any atom is -0.347 e. The Bertz CT molecular complexity index is 736. The predicted molar refractivity (Wildman–Crippen MR) is 91.1 cm³/mol. The number of carbonyl (C=O) groups is 2. The van der Waals surface area contributed by atoms with Crippen LogP contribution in [0.1, 0.15) is 23.8 Å². The molecule has 9 heteroatoms.